The van der Waals surface area contributed by atoms with Crippen molar-refractivity contribution in [3.05, 3.63) is 41.2 Å². The molecule has 0 saturated heterocycles. The fourth-order valence-electron chi connectivity index (χ4n) is 2.26. The number of ether oxygens (including phenoxy) is 1. The van der Waals surface area contributed by atoms with Crippen molar-refractivity contribution >= 4 is 11.7 Å². The van der Waals surface area contributed by atoms with Crippen LogP contribution in [0.1, 0.15) is 23.9 Å². The molecule has 118 valence electrons. The van der Waals surface area contributed by atoms with Gasteiger partial charge in [0.05, 0.1) is 18.0 Å². The van der Waals surface area contributed by atoms with Crippen LogP contribution in [0.4, 0.5) is 10.5 Å². The third-order valence-electron chi connectivity index (χ3n) is 3.52. The molecule has 2 amide bonds. The van der Waals surface area contributed by atoms with E-state index < -0.39 is 0 Å². The number of carbonyl (C=O) groups excluding carboxylic acids is 1. The van der Waals surface area contributed by atoms with Crippen molar-refractivity contribution in [2.75, 3.05) is 11.9 Å². The standard InChI is InChI=1S/C16H22N4O2/c1-5-22-15-9-7-6-8-14(15)18-16(21)17-10-13-11(2)19-20(4)12(13)3/h6-9H,5,10H2,1-4H3,(H2,17,18,21). The van der Waals surface area contributed by atoms with Crippen LogP contribution in [0.2, 0.25) is 0 Å². The van der Waals surface area contributed by atoms with Crippen LogP contribution in [0.5, 0.6) is 5.75 Å². The molecule has 22 heavy (non-hydrogen) atoms. The number of anilines is 1. The Labute approximate surface area is 130 Å². The molecule has 0 spiro atoms. The summed E-state index contributed by atoms with van der Waals surface area (Å²) in [5.74, 6) is 0.661. The van der Waals surface area contributed by atoms with E-state index in [0.717, 1.165) is 17.0 Å². The highest BCUT2D eigenvalue weighted by Gasteiger charge is 2.11. The van der Waals surface area contributed by atoms with Crippen LogP contribution in [-0.2, 0) is 13.6 Å². The molecule has 1 aromatic heterocycles. The van der Waals surface area contributed by atoms with Gasteiger partial charge in [-0.1, -0.05) is 12.1 Å². The van der Waals surface area contributed by atoms with Gasteiger partial charge >= 0.3 is 6.03 Å². The highest BCUT2D eigenvalue weighted by atomic mass is 16.5. The molecule has 2 N–H and O–H groups in total. The number of aromatic nitrogens is 2. The van der Waals surface area contributed by atoms with Gasteiger partial charge in [0.25, 0.3) is 0 Å². The highest BCUT2D eigenvalue weighted by molar-refractivity contribution is 5.90. The number of amides is 2. The minimum absolute atomic E-state index is 0.269. The Morgan fingerprint density at radius 2 is 2.05 bits per heavy atom. The lowest BCUT2D eigenvalue weighted by Gasteiger charge is -2.12. The molecule has 1 heterocycles. The molecule has 0 radical (unpaired) electrons. The molecule has 0 unspecified atom stereocenters. The zero-order valence-corrected chi connectivity index (χ0v) is 13.4. The molecular formula is C16H22N4O2. The van der Waals surface area contributed by atoms with Gasteiger partial charge in [-0.2, -0.15) is 5.10 Å². The van der Waals surface area contributed by atoms with Gasteiger partial charge in [0.15, 0.2) is 0 Å². The maximum atomic E-state index is 12.1. The zero-order valence-electron chi connectivity index (χ0n) is 13.4. The molecule has 0 aliphatic rings. The van der Waals surface area contributed by atoms with Gasteiger partial charge in [-0.25, -0.2) is 4.79 Å². The smallest absolute Gasteiger partial charge is 0.319 e. The van der Waals surface area contributed by atoms with Crippen LogP contribution in [0.25, 0.3) is 0 Å². The Bertz CT molecular complexity index is 664. The molecule has 0 aliphatic heterocycles. The number of para-hydroxylation sites is 2. The number of rotatable bonds is 5. The van der Waals surface area contributed by atoms with Crippen LogP contribution < -0.4 is 15.4 Å². The molecule has 6 heteroatoms. The highest BCUT2D eigenvalue weighted by Crippen LogP contribution is 2.23. The lowest BCUT2D eigenvalue weighted by Crippen LogP contribution is -2.28. The number of hydrogen-bond donors (Lipinski definition) is 2. The summed E-state index contributed by atoms with van der Waals surface area (Å²) in [7, 11) is 1.89. The van der Waals surface area contributed by atoms with Crippen molar-refractivity contribution in [2.45, 2.75) is 27.3 Å². The van der Waals surface area contributed by atoms with Crippen molar-refractivity contribution in [3.8, 4) is 5.75 Å². The van der Waals surface area contributed by atoms with Gasteiger partial charge in [0.2, 0.25) is 0 Å². The summed E-state index contributed by atoms with van der Waals surface area (Å²) in [5.41, 5.74) is 3.67. The number of nitrogens with one attached hydrogen (secondary N) is 2. The van der Waals surface area contributed by atoms with E-state index >= 15 is 0 Å². The van der Waals surface area contributed by atoms with E-state index in [1.807, 2.05) is 56.8 Å². The normalized spacial score (nSPS) is 10.4. The Morgan fingerprint density at radius 3 is 2.68 bits per heavy atom. The van der Waals surface area contributed by atoms with Crippen LogP contribution >= 0.6 is 0 Å². The Kier molecular flexibility index (Phi) is 5.04. The second-order valence-electron chi connectivity index (χ2n) is 5.01. The Hall–Kier alpha value is -2.50. The van der Waals surface area contributed by atoms with Crippen molar-refractivity contribution in [1.29, 1.82) is 0 Å². The summed E-state index contributed by atoms with van der Waals surface area (Å²) in [4.78, 5) is 12.1. The third kappa shape index (κ3) is 3.58. The van der Waals surface area contributed by atoms with E-state index in [9.17, 15) is 4.79 Å². The average molecular weight is 302 g/mol. The summed E-state index contributed by atoms with van der Waals surface area (Å²) in [6.45, 7) is 6.82. The Morgan fingerprint density at radius 1 is 1.32 bits per heavy atom. The topological polar surface area (TPSA) is 68.2 Å². The summed E-state index contributed by atoms with van der Waals surface area (Å²) < 4.78 is 7.30. The first kappa shape index (κ1) is 15.9. The number of aryl methyl sites for hydroxylation is 2. The number of hydrogen-bond acceptors (Lipinski definition) is 3. The van der Waals surface area contributed by atoms with Gasteiger partial charge in [-0.15, -0.1) is 0 Å². The first-order valence-corrected chi connectivity index (χ1v) is 7.28. The molecule has 0 atom stereocenters. The van der Waals surface area contributed by atoms with E-state index in [-0.39, 0.29) is 6.03 Å². The minimum atomic E-state index is -0.269. The lowest BCUT2D eigenvalue weighted by atomic mass is 10.2. The van der Waals surface area contributed by atoms with E-state index in [1.165, 1.54) is 0 Å². The van der Waals surface area contributed by atoms with Crippen molar-refractivity contribution in [3.63, 3.8) is 0 Å². The van der Waals surface area contributed by atoms with Crippen LogP contribution in [0.15, 0.2) is 24.3 Å². The second-order valence-corrected chi connectivity index (χ2v) is 5.01. The number of carbonyl (C=O) groups is 1. The van der Waals surface area contributed by atoms with Crippen molar-refractivity contribution in [2.24, 2.45) is 7.05 Å². The SMILES string of the molecule is CCOc1ccccc1NC(=O)NCc1c(C)nn(C)c1C. The quantitative estimate of drug-likeness (QED) is 0.892. The summed E-state index contributed by atoms with van der Waals surface area (Å²) in [5, 5.41) is 10.00. The van der Waals surface area contributed by atoms with E-state index in [1.54, 1.807) is 0 Å². The predicted molar refractivity (Wildman–Crippen MR) is 86.2 cm³/mol. The predicted octanol–water partition coefficient (Wildman–Crippen LogP) is 2.76. The average Bonchev–Trinajstić information content (AvgIpc) is 2.72. The maximum Gasteiger partial charge on any atom is 0.319 e. The number of nitrogens with zero attached hydrogens (tertiary/aromatic N) is 2. The Balaban J connectivity index is 1.99. The third-order valence-corrected chi connectivity index (χ3v) is 3.52. The fraction of sp³-hybridized carbons (Fsp3) is 0.375. The first-order chi connectivity index (χ1) is 10.5. The largest absolute Gasteiger partial charge is 0.492 e. The molecule has 6 nitrogen and oxygen atoms in total. The molecule has 2 rings (SSSR count). The van der Waals surface area contributed by atoms with Crippen LogP contribution in [0.3, 0.4) is 0 Å². The zero-order chi connectivity index (χ0) is 16.1. The summed E-state index contributed by atoms with van der Waals surface area (Å²) in [6, 6.07) is 7.10. The van der Waals surface area contributed by atoms with Crippen molar-refractivity contribution in [1.82, 2.24) is 15.1 Å². The molecule has 0 bridgehead atoms. The number of benzene rings is 1. The molecule has 1 aromatic carbocycles. The van der Waals surface area contributed by atoms with E-state index in [2.05, 4.69) is 15.7 Å². The molecule has 0 aliphatic carbocycles. The fourth-order valence-corrected chi connectivity index (χ4v) is 2.26. The maximum absolute atomic E-state index is 12.1. The van der Waals surface area contributed by atoms with Crippen LogP contribution in [-0.4, -0.2) is 22.4 Å². The van der Waals surface area contributed by atoms with Gasteiger partial charge < -0.3 is 15.4 Å². The monoisotopic (exact) mass is 302 g/mol. The van der Waals surface area contributed by atoms with Gasteiger partial charge in [-0.05, 0) is 32.9 Å². The van der Waals surface area contributed by atoms with Gasteiger partial charge in [0, 0.05) is 24.8 Å². The molecule has 2 aromatic rings. The number of urea groups is 1. The van der Waals surface area contributed by atoms with Gasteiger partial charge in [-0.3, -0.25) is 4.68 Å². The van der Waals surface area contributed by atoms with E-state index in [0.29, 0.717) is 24.6 Å². The molecule has 0 fully saturated rings. The lowest BCUT2D eigenvalue weighted by molar-refractivity contribution is 0.251. The van der Waals surface area contributed by atoms with Crippen molar-refractivity contribution < 1.29 is 9.53 Å². The minimum Gasteiger partial charge on any atom is -0.492 e. The second kappa shape index (κ2) is 6.98. The molecular weight excluding hydrogens is 280 g/mol. The first-order valence-electron chi connectivity index (χ1n) is 7.28. The van der Waals surface area contributed by atoms with Crippen LogP contribution in [0, 0.1) is 13.8 Å². The van der Waals surface area contributed by atoms with Gasteiger partial charge in [0.1, 0.15) is 5.75 Å². The molecule has 0 saturated carbocycles. The summed E-state index contributed by atoms with van der Waals surface area (Å²) >= 11 is 0. The summed E-state index contributed by atoms with van der Waals surface area (Å²) in [6.07, 6.45) is 0. The van der Waals surface area contributed by atoms with E-state index in [4.69, 9.17) is 4.74 Å².